The number of amides is 1. The topological polar surface area (TPSA) is 86.3 Å². The average Bonchev–Trinajstić information content (AvgIpc) is 3.16. The number of rotatable bonds is 4. The van der Waals surface area contributed by atoms with Crippen LogP contribution in [-0.2, 0) is 4.79 Å². The van der Waals surface area contributed by atoms with E-state index in [0.29, 0.717) is 5.56 Å². The summed E-state index contributed by atoms with van der Waals surface area (Å²) in [5, 5.41) is 16.8. The molecule has 0 radical (unpaired) electrons. The van der Waals surface area contributed by atoms with Gasteiger partial charge in [-0.1, -0.05) is 6.92 Å². The first-order valence-corrected chi connectivity index (χ1v) is 11.2. The smallest absolute Gasteiger partial charge is 0.226 e. The SMILES string of the molecule is CC(C)NC(=O)C1(C)CCN(c2ccc(-c3cc(Br)cn4ncc(C#N)c34)cn2)CC1. The number of nitrogens with one attached hydrogen (secondary N) is 1. The largest absolute Gasteiger partial charge is 0.357 e. The maximum absolute atomic E-state index is 12.6. The Kier molecular flexibility index (Phi) is 5.71. The Labute approximate surface area is 190 Å². The van der Waals surface area contributed by atoms with E-state index in [0.717, 1.165) is 52.9 Å². The van der Waals surface area contributed by atoms with E-state index < -0.39 is 0 Å². The van der Waals surface area contributed by atoms with Crippen LogP contribution in [0, 0.1) is 16.7 Å². The molecule has 1 fully saturated rings. The van der Waals surface area contributed by atoms with E-state index >= 15 is 0 Å². The van der Waals surface area contributed by atoms with Crippen molar-refractivity contribution in [1.29, 1.82) is 5.26 Å². The maximum atomic E-state index is 12.6. The molecular weight excluding hydrogens is 456 g/mol. The van der Waals surface area contributed by atoms with E-state index in [9.17, 15) is 10.1 Å². The second-order valence-electron chi connectivity index (χ2n) is 8.62. The minimum absolute atomic E-state index is 0.137. The molecule has 7 nitrogen and oxygen atoms in total. The number of halogens is 1. The lowest BCUT2D eigenvalue weighted by Gasteiger charge is -2.39. The Hall–Kier alpha value is -2.92. The lowest BCUT2D eigenvalue weighted by atomic mass is 9.79. The van der Waals surface area contributed by atoms with Crippen molar-refractivity contribution in [3.8, 4) is 17.2 Å². The number of aromatic nitrogens is 3. The molecule has 8 heteroatoms. The summed E-state index contributed by atoms with van der Waals surface area (Å²) in [6, 6.07) is 8.37. The third-order valence-corrected chi connectivity index (χ3v) is 6.35. The van der Waals surface area contributed by atoms with E-state index in [1.807, 2.05) is 44.4 Å². The number of nitriles is 1. The molecule has 0 bridgehead atoms. The lowest BCUT2D eigenvalue weighted by Crippen LogP contribution is -2.49. The predicted octanol–water partition coefficient (Wildman–Crippen LogP) is 4.16. The molecule has 0 spiro atoms. The van der Waals surface area contributed by atoms with Gasteiger partial charge in [0.15, 0.2) is 0 Å². The molecule has 0 saturated carbocycles. The molecule has 0 aromatic carbocycles. The van der Waals surface area contributed by atoms with E-state index in [-0.39, 0.29) is 17.4 Å². The third kappa shape index (κ3) is 4.15. The molecule has 0 unspecified atom stereocenters. The molecule has 0 atom stereocenters. The maximum Gasteiger partial charge on any atom is 0.226 e. The summed E-state index contributed by atoms with van der Waals surface area (Å²) in [6.45, 7) is 7.61. The fourth-order valence-corrected chi connectivity index (χ4v) is 4.44. The van der Waals surface area contributed by atoms with Gasteiger partial charge >= 0.3 is 0 Å². The number of piperidine rings is 1. The molecule has 31 heavy (non-hydrogen) atoms. The van der Waals surface area contributed by atoms with Crippen molar-refractivity contribution in [2.75, 3.05) is 18.0 Å². The van der Waals surface area contributed by atoms with Gasteiger partial charge < -0.3 is 10.2 Å². The van der Waals surface area contributed by atoms with Crippen LogP contribution < -0.4 is 10.2 Å². The molecule has 1 aliphatic rings. The molecule has 4 rings (SSSR count). The Morgan fingerprint density at radius 3 is 2.65 bits per heavy atom. The summed E-state index contributed by atoms with van der Waals surface area (Å²) >= 11 is 3.52. The minimum atomic E-state index is -0.335. The highest BCUT2D eigenvalue weighted by Crippen LogP contribution is 2.34. The minimum Gasteiger partial charge on any atom is -0.357 e. The van der Waals surface area contributed by atoms with Crippen molar-refractivity contribution >= 4 is 33.2 Å². The Bertz CT molecular complexity index is 1150. The van der Waals surface area contributed by atoms with Gasteiger partial charge in [0.05, 0.1) is 17.3 Å². The van der Waals surface area contributed by atoms with Crippen LogP contribution in [0.5, 0.6) is 0 Å². The van der Waals surface area contributed by atoms with Crippen LogP contribution in [0.1, 0.15) is 39.2 Å². The number of hydrogen-bond acceptors (Lipinski definition) is 5. The summed E-state index contributed by atoms with van der Waals surface area (Å²) in [4.78, 5) is 19.5. The molecule has 1 aliphatic heterocycles. The van der Waals surface area contributed by atoms with Gasteiger partial charge in [-0.3, -0.25) is 4.79 Å². The van der Waals surface area contributed by atoms with Gasteiger partial charge in [-0.25, -0.2) is 9.50 Å². The van der Waals surface area contributed by atoms with Crippen molar-refractivity contribution in [3.05, 3.63) is 46.8 Å². The molecule has 160 valence electrons. The van der Waals surface area contributed by atoms with Crippen LogP contribution in [0.25, 0.3) is 16.6 Å². The first kappa shape index (κ1) is 21.3. The summed E-state index contributed by atoms with van der Waals surface area (Å²) in [5.74, 6) is 1.04. The van der Waals surface area contributed by atoms with Crippen molar-refractivity contribution in [3.63, 3.8) is 0 Å². The predicted molar refractivity (Wildman–Crippen MR) is 124 cm³/mol. The normalized spacial score (nSPS) is 15.8. The zero-order chi connectivity index (χ0) is 22.2. The molecular formula is C23H25BrN6O. The molecule has 1 amide bonds. The number of nitrogens with zero attached hydrogens (tertiary/aromatic N) is 5. The van der Waals surface area contributed by atoms with Crippen molar-refractivity contribution < 1.29 is 4.79 Å². The Morgan fingerprint density at radius 1 is 1.29 bits per heavy atom. The molecule has 3 aromatic heterocycles. The standard InChI is InChI=1S/C23H25BrN6O/c1-15(2)28-22(31)23(3)6-8-29(9-7-23)20-5-4-16(12-26-20)19-10-18(24)14-30-21(19)17(11-25)13-27-30/h4-5,10,12-15H,6-9H2,1-3H3,(H,28,31). The van der Waals surface area contributed by atoms with E-state index in [1.165, 1.54) is 0 Å². The van der Waals surface area contributed by atoms with Gasteiger partial charge in [0.1, 0.15) is 11.9 Å². The Balaban J connectivity index is 1.54. The van der Waals surface area contributed by atoms with Crippen molar-refractivity contribution in [1.82, 2.24) is 19.9 Å². The second-order valence-corrected chi connectivity index (χ2v) is 9.53. The van der Waals surface area contributed by atoms with Gasteiger partial charge in [-0.2, -0.15) is 10.4 Å². The fourth-order valence-electron chi connectivity index (χ4n) is 4.02. The highest BCUT2D eigenvalue weighted by molar-refractivity contribution is 9.10. The van der Waals surface area contributed by atoms with Crippen LogP contribution in [-0.4, -0.2) is 39.6 Å². The number of anilines is 1. The number of fused-ring (bicyclic) bond motifs is 1. The first-order valence-electron chi connectivity index (χ1n) is 10.4. The number of pyridine rings is 2. The first-order chi connectivity index (χ1) is 14.8. The quantitative estimate of drug-likeness (QED) is 0.605. The van der Waals surface area contributed by atoms with Gasteiger partial charge in [0, 0.05) is 52.5 Å². The summed E-state index contributed by atoms with van der Waals surface area (Å²) in [7, 11) is 0. The zero-order valence-electron chi connectivity index (χ0n) is 17.9. The van der Waals surface area contributed by atoms with Crippen molar-refractivity contribution in [2.45, 2.75) is 39.7 Å². The number of carbonyl (C=O) groups is 1. The summed E-state index contributed by atoms with van der Waals surface area (Å²) in [6.07, 6.45) is 6.84. The van der Waals surface area contributed by atoms with E-state index in [1.54, 1.807) is 10.7 Å². The van der Waals surface area contributed by atoms with Crippen LogP contribution in [0.2, 0.25) is 0 Å². The molecule has 4 heterocycles. The molecule has 3 aromatic rings. The zero-order valence-corrected chi connectivity index (χ0v) is 19.5. The van der Waals surface area contributed by atoms with E-state index in [2.05, 4.69) is 44.2 Å². The highest BCUT2D eigenvalue weighted by Gasteiger charge is 2.37. The Morgan fingerprint density at radius 2 is 2.03 bits per heavy atom. The monoisotopic (exact) mass is 480 g/mol. The van der Waals surface area contributed by atoms with E-state index in [4.69, 9.17) is 4.98 Å². The molecule has 1 N–H and O–H groups in total. The second kappa shape index (κ2) is 8.31. The molecule has 0 aliphatic carbocycles. The lowest BCUT2D eigenvalue weighted by molar-refractivity contribution is -0.131. The van der Waals surface area contributed by atoms with Crippen LogP contribution >= 0.6 is 15.9 Å². The summed E-state index contributed by atoms with van der Waals surface area (Å²) in [5.41, 5.74) is 2.79. The third-order valence-electron chi connectivity index (χ3n) is 5.92. The number of hydrogen-bond donors (Lipinski definition) is 1. The summed E-state index contributed by atoms with van der Waals surface area (Å²) < 4.78 is 2.58. The van der Waals surface area contributed by atoms with Gasteiger partial charge in [0.25, 0.3) is 0 Å². The average molecular weight is 481 g/mol. The highest BCUT2D eigenvalue weighted by atomic mass is 79.9. The van der Waals surface area contributed by atoms with Gasteiger partial charge in [-0.15, -0.1) is 0 Å². The number of carbonyl (C=O) groups excluding carboxylic acids is 1. The van der Waals surface area contributed by atoms with Crippen LogP contribution in [0.4, 0.5) is 5.82 Å². The van der Waals surface area contributed by atoms with Crippen LogP contribution in [0.3, 0.4) is 0 Å². The van der Waals surface area contributed by atoms with Gasteiger partial charge in [0.2, 0.25) is 5.91 Å². The van der Waals surface area contributed by atoms with Crippen LogP contribution in [0.15, 0.2) is 41.3 Å². The fraction of sp³-hybridized carbons (Fsp3) is 0.391. The molecule has 1 saturated heterocycles. The van der Waals surface area contributed by atoms with Crippen molar-refractivity contribution in [2.24, 2.45) is 5.41 Å². The van der Waals surface area contributed by atoms with Gasteiger partial charge in [-0.05, 0) is 60.8 Å².